The SMILES string of the molecule is C/C=C(\C=C/CCS/C=C\N)N1CCCN(CCC(C)CC)CC1. The van der Waals surface area contributed by atoms with Gasteiger partial charge in [-0.2, -0.15) is 0 Å². The zero-order chi connectivity index (χ0) is 17.6. The molecule has 1 aliphatic rings. The Labute approximate surface area is 154 Å². The van der Waals surface area contributed by atoms with E-state index in [-0.39, 0.29) is 0 Å². The fourth-order valence-corrected chi connectivity index (χ4v) is 3.43. The maximum atomic E-state index is 5.34. The van der Waals surface area contributed by atoms with Crippen LogP contribution in [0.2, 0.25) is 0 Å². The third-order valence-electron chi connectivity index (χ3n) is 4.75. The molecule has 0 aromatic carbocycles. The summed E-state index contributed by atoms with van der Waals surface area (Å²) < 4.78 is 0. The Kier molecular flexibility index (Phi) is 11.8. The second-order valence-electron chi connectivity index (χ2n) is 6.59. The van der Waals surface area contributed by atoms with E-state index in [0.29, 0.717) is 0 Å². The van der Waals surface area contributed by atoms with Crippen LogP contribution >= 0.6 is 11.8 Å². The zero-order valence-corrected chi connectivity index (χ0v) is 16.7. The van der Waals surface area contributed by atoms with Crippen molar-refractivity contribution in [2.45, 2.75) is 46.5 Å². The Balaban J connectivity index is 2.38. The molecule has 0 amide bonds. The first-order chi connectivity index (χ1) is 11.7. The fraction of sp³-hybridized carbons (Fsp3) is 0.700. The van der Waals surface area contributed by atoms with Crippen molar-refractivity contribution in [2.75, 3.05) is 38.5 Å². The molecule has 1 heterocycles. The van der Waals surface area contributed by atoms with Crippen molar-refractivity contribution in [1.29, 1.82) is 0 Å². The van der Waals surface area contributed by atoms with Crippen molar-refractivity contribution >= 4 is 11.8 Å². The second kappa shape index (κ2) is 13.4. The summed E-state index contributed by atoms with van der Waals surface area (Å²) in [6.45, 7) is 12.8. The summed E-state index contributed by atoms with van der Waals surface area (Å²) in [5.41, 5.74) is 6.72. The highest BCUT2D eigenvalue weighted by atomic mass is 32.2. The number of nitrogens with zero attached hydrogens (tertiary/aromatic N) is 2. The van der Waals surface area contributed by atoms with Gasteiger partial charge in [0.15, 0.2) is 0 Å². The van der Waals surface area contributed by atoms with E-state index in [1.54, 1.807) is 18.0 Å². The Morgan fingerprint density at radius 1 is 1.25 bits per heavy atom. The monoisotopic (exact) mass is 351 g/mol. The molecule has 4 heteroatoms. The van der Waals surface area contributed by atoms with Crippen molar-refractivity contribution in [1.82, 2.24) is 9.80 Å². The molecule has 138 valence electrons. The minimum Gasteiger partial charge on any atom is -0.404 e. The smallest absolute Gasteiger partial charge is 0.0320 e. The van der Waals surface area contributed by atoms with Gasteiger partial charge in [-0.05, 0) is 56.7 Å². The van der Waals surface area contributed by atoms with Crippen LogP contribution in [0.15, 0.2) is 35.5 Å². The van der Waals surface area contributed by atoms with E-state index in [4.69, 9.17) is 5.73 Å². The average molecular weight is 352 g/mol. The number of hydrogen-bond acceptors (Lipinski definition) is 4. The van der Waals surface area contributed by atoms with Crippen molar-refractivity contribution < 1.29 is 0 Å². The summed E-state index contributed by atoms with van der Waals surface area (Å²) in [6, 6.07) is 0. The maximum absolute atomic E-state index is 5.34. The predicted molar refractivity (Wildman–Crippen MR) is 110 cm³/mol. The van der Waals surface area contributed by atoms with Crippen LogP contribution < -0.4 is 5.73 Å². The van der Waals surface area contributed by atoms with Crippen LogP contribution in [0.5, 0.6) is 0 Å². The number of thioether (sulfide) groups is 1. The van der Waals surface area contributed by atoms with Gasteiger partial charge in [0.2, 0.25) is 0 Å². The summed E-state index contributed by atoms with van der Waals surface area (Å²) >= 11 is 1.76. The molecule has 1 atom stereocenters. The third kappa shape index (κ3) is 8.84. The van der Waals surface area contributed by atoms with E-state index in [9.17, 15) is 0 Å². The van der Waals surface area contributed by atoms with Gasteiger partial charge >= 0.3 is 0 Å². The summed E-state index contributed by atoms with van der Waals surface area (Å²) in [7, 11) is 0. The summed E-state index contributed by atoms with van der Waals surface area (Å²) in [6.07, 6.45) is 13.4. The largest absolute Gasteiger partial charge is 0.404 e. The molecule has 0 aliphatic carbocycles. The van der Waals surface area contributed by atoms with Crippen LogP contribution in [0.3, 0.4) is 0 Å². The maximum Gasteiger partial charge on any atom is 0.0320 e. The van der Waals surface area contributed by atoms with Gasteiger partial charge in [-0.3, -0.25) is 0 Å². The summed E-state index contributed by atoms with van der Waals surface area (Å²) in [5.74, 6) is 1.94. The number of allylic oxidation sites excluding steroid dienone is 3. The van der Waals surface area contributed by atoms with Crippen LogP contribution in [0.25, 0.3) is 0 Å². The van der Waals surface area contributed by atoms with E-state index in [2.05, 4.69) is 48.8 Å². The first-order valence-corrected chi connectivity index (χ1v) is 10.5. The Bertz CT molecular complexity index is 404. The first kappa shape index (κ1) is 21.2. The lowest BCUT2D eigenvalue weighted by Gasteiger charge is -2.25. The van der Waals surface area contributed by atoms with E-state index in [0.717, 1.165) is 24.6 Å². The molecule has 0 radical (unpaired) electrons. The second-order valence-corrected chi connectivity index (χ2v) is 7.60. The lowest BCUT2D eigenvalue weighted by molar-refractivity contribution is 0.259. The molecule has 0 spiro atoms. The molecule has 0 saturated carbocycles. The topological polar surface area (TPSA) is 32.5 Å². The highest BCUT2D eigenvalue weighted by molar-refractivity contribution is 8.02. The molecule has 0 aromatic heterocycles. The Morgan fingerprint density at radius 2 is 2.08 bits per heavy atom. The quantitative estimate of drug-likeness (QED) is 0.466. The molecule has 3 nitrogen and oxygen atoms in total. The Morgan fingerprint density at radius 3 is 2.79 bits per heavy atom. The van der Waals surface area contributed by atoms with Gasteiger partial charge < -0.3 is 15.5 Å². The highest BCUT2D eigenvalue weighted by Crippen LogP contribution is 2.14. The van der Waals surface area contributed by atoms with Crippen LogP contribution in [0.1, 0.15) is 46.5 Å². The summed E-state index contributed by atoms with van der Waals surface area (Å²) in [4.78, 5) is 5.20. The lowest BCUT2D eigenvalue weighted by atomic mass is 10.1. The van der Waals surface area contributed by atoms with E-state index in [1.165, 1.54) is 51.1 Å². The number of nitrogens with two attached hydrogens (primary N) is 1. The molecule has 1 saturated heterocycles. The van der Waals surface area contributed by atoms with Gasteiger partial charge in [0.25, 0.3) is 0 Å². The van der Waals surface area contributed by atoms with Crippen LogP contribution in [0, 0.1) is 5.92 Å². The fourth-order valence-electron chi connectivity index (χ4n) is 2.91. The normalized spacial score (nSPS) is 19.3. The Hall–Kier alpha value is -0.870. The molecule has 2 N–H and O–H groups in total. The van der Waals surface area contributed by atoms with Gasteiger partial charge in [-0.15, -0.1) is 11.8 Å². The van der Waals surface area contributed by atoms with Crippen LogP contribution in [0.4, 0.5) is 0 Å². The third-order valence-corrected chi connectivity index (χ3v) is 5.57. The molecule has 0 aromatic rings. The van der Waals surface area contributed by atoms with E-state index < -0.39 is 0 Å². The van der Waals surface area contributed by atoms with Crippen LogP contribution in [-0.2, 0) is 0 Å². The van der Waals surface area contributed by atoms with Crippen molar-refractivity contribution in [2.24, 2.45) is 11.7 Å². The molecule has 1 rings (SSSR count). The molecule has 0 bridgehead atoms. The molecule has 24 heavy (non-hydrogen) atoms. The molecule has 1 fully saturated rings. The average Bonchev–Trinajstić information content (AvgIpc) is 2.84. The van der Waals surface area contributed by atoms with Crippen molar-refractivity contribution in [3.05, 3.63) is 35.5 Å². The van der Waals surface area contributed by atoms with Crippen molar-refractivity contribution in [3.8, 4) is 0 Å². The highest BCUT2D eigenvalue weighted by Gasteiger charge is 2.15. The lowest BCUT2D eigenvalue weighted by Crippen LogP contribution is -2.31. The minimum atomic E-state index is 0.852. The minimum absolute atomic E-state index is 0.852. The molecule has 1 aliphatic heterocycles. The van der Waals surface area contributed by atoms with Crippen LogP contribution in [-0.4, -0.2) is 48.3 Å². The summed E-state index contributed by atoms with van der Waals surface area (Å²) in [5, 5.41) is 1.95. The van der Waals surface area contributed by atoms with Gasteiger partial charge in [0, 0.05) is 37.3 Å². The number of hydrogen-bond donors (Lipinski definition) is 1. The van der Waals surface area contributed by atoms with E-state index >= 15 is 0 Å². The zero-order valence-electron chi connectivity index (χ0n) is 15.9. The molecular weight excluding hydrogens is 314 g/mol. The van der Waals surface area contributed by atoms with Crippen molar-refractivity contribution in [3.63, 3.8) is 0 Å². The standard InChI is InChI=1S/C20H37N3S/c1-4-19(3)10-14-22-12-8-13-23(16-15-22)20(5-2)9-6-7-17-24-18-11-21/h5-6,9,11,18-19H,4,7-8,10,12-17,21H2,1-3H3/b9-6-,18-11-,20-5+. The molecule has 1 unspecified atom stereocenters. The van der Waals surface area contributed by atoms with E-state index in [1.807, 2.05) is 5.41 Å². The van der Waals surface area contributed by atoms with Gasteiger partial charge in [-0.25, -0.2) is 0 Å². The molecular formula is C20H37N3S. The van der Waals surface area contributed by atoms with Gasteiger partial charge in [0.05, 0.1) is 0 Å². The first-order valence-electron chi connectivity index (χ1n) is 9.49. The predicted octanol–water partition coefficient (Wildman–Crippen LogP) is 4.44. The van der Waals surface area contributed by atoms with Gasteiger partial charge in [0.1, 0.15) is 0 Å². The number of rotatable bonds is 10. The van der Waals surface area contributed by atoms with Gasteiger partial charge in [-0.1, -0.05) is 32.4 Å².